The molecule has 4 aromatic rings. The first-order chi connectivity index (χ1) is 18.7. The molecule has 39 heavy (non-hydrogen) atoms. The molecule has 202 valence electrons. The van der Waals surface area contributed by atoms with Gasteiger partial charge in [-0.05, 0) is 98.3 Å². The van der Waals surface area contributed by atoms with Crippen LogP contribution in [-0.4, -0.2) is 19.1 Å². The summed E-state index contributed by atoms with van der Waals surface area (Å²) in [4.78, 5) is 29.6. The summed E-state index contributed by atoms with van der Waals surface area (Å²) in [5, 5.41) is 0.464. The van der Waals surface area contributed by atoms with Gasteiger partial charge in [0, 0.05) is 10.2 Å². The standard InChI is InChI=1S/C32H32BrNO5/c1-6-37-27-17-21(7-12-25(27)38-14-13-18(2)3)29-28-30(35)24-15-19(4)20(5)16-26(24)39-31(28)32(36)34(29)23-10-8-22(33)9-11-23/h7-12,15-18,29H,6,13-14H2,1-5H3. The first kappa shape index (κ1) is 27.0. The van der Waals surface area contributed by atoms with Gasteiger partial charge in [-0.25, -0.2) is 0 Å². The highest BCUT2D eigenvalue weighted by atomic mass is 79.9. The minimum atomic E-state index is -0.695. The number of halogens is 1. The van der Waals surface area contributed by atoms with Crippen molar-refractivity contribution >= 4 is 38.5 Å². The van der Waals surface area contributed by atoms with E-state index in [2.05, 4.69) is 29.8 Å². The molecule has 1 atom stereocenters. The van der Waals surface area contributed by atoms with Crippen LogP contribution in [0.25, 0.3) is 11.0 Å². The summed E-state index contributed by atoms with van der Waals surface area (Å²) in [5.74, 6) is 1.44. The topological polar surface area (TPSA) is 69.0 Å². The van der Waals surface area contributed by atoms with Crippen LogP contribution in [0.3, 0.4) is 0 Å². The number of carbonyl (C=O) groups excluding carboxylic acids is 1. The SMILES string of the molecule is CCOc1cc(C2c3c(oc4cc(C)c(C)cc4c3=O)C(=O)N2c2ccc(Br)cc2)ccc1OCCC(C)C. The molecule has 0 fully saturated rings. The van der Waals surface area contributed by atoms with Crippen LogP contribution in [0.15, 0.2) is 68.3 Å². The second-order valence-corrected chi connectivity index (χ2v) is 11.2. The number of fused-ring (bicyclic) bond motifs is 2. The van der Waals surface area contributed by atoms with Gasteiger partial charge >= 0.3 is 0 Å². The predicted octanol–water partition coefficient (Wildman–Crippen LogP) is 7.75. The van der Waals surface area contributed by atoms with Crippen LogP contribution in [0, 0.1) is 19.8 Å². The minimum Gasteiger partial charge on any atom is -0.490 e. The Morgan fingerprint density at radius 3 is 2.36 bits per heavy atom. The number of ether oxygens (including phenoxy) is 2. The molecule has 0 radical (unpaired) electrons. The minimum absolute atomic E-state index is 0.0684. The van der Waals surface area contributed by atoms with E-state index >= 15 is 0 Å². The highest BCUT2D eigenvalue weighted by molar-refractivity contribution is 9.10. The van der Waals surface area contributed by atoms with Gasteiger partial charge in [-0.1, -0.05) is 35.8 Å². The molecule has 1 amide bonds. The number of carbonyl (C=O) groups is 1. The van der Waals surface area contributed by atoms with Gasteiger partial charge in [-0.2, -0.15) is 0 Å². The summed E-state index contributed by atoms with van der Waals surface area (Å²) >= 11 is 3.47. The first-order valence-electron chi connectivity index (χ1n) is 13.3. The monoisotopic (exact) mass is 589 g/mol. The van der Waals surface area contributed by atoms with E-state index in [0.29, 0.717) is 52.9 Å². The van der Waals surface area contributed by atoms with Gasteiger partial charge in [0.05, 0.1) is 30.2 Å². The molecular weight excluding hydrogens is 558 g/mol. The second-order valence-electron chi connectivity index (χ2n) is 10.3. The maximum atomic E-state index is 14.0. The third kappa shape index (κ3) is 5.08. The molecule has 5 rings (SSSR count). The summed E-state index contributed by atoms with van der Waals surface area (Å²) < 4.78 is 19.1. The maximum absolute atomic E-state index is 14.0. The number of rotatable bonds is 8. The van der Waals surface area contributed by atoms with Gasteiger partial charge in [-0.3, -0.25) is 14.5 Å². The van der Waals surface area contributed by atoms with Crippen LogP contribution >= 0.6 is 15.9 Å². The Kier molecular flexibility index (Phi) is 7.54. The fourth-order valence-corrected chi connectivity index (χ4v) is 5.16. The number of benzene rings is 3. The lowest BCUT2D eigenvalue weighted by atomic mass is 9.97. The Morgan fingerprint density at radius 2 is 1.67 bits per heavy atom. The molecular formula is C32H32BrNO5. The van der Waals surface area contributed by atoms with Crippen LogP contribution in [0.2, 0.25) is 0 Å². The van der Waals surface area contributed by atoms with Crippen LogP contribution < -0.4 is 19.8 Å². The van der Waals surface area contributed by atoms with Crippen LogP contribution in [0.1, 0.15) is 66.0 Å². The molecule has 1 aliphatic heterocycles. The van der Waals surface area contributed by atoms with Crippen LogP contribution in [-0.2, 0) is 0 Å². The van der Waals surface area contributed by atoms with Crippen molar-refractivity contribution in [3.8, 4) is 11.5 Å². The van der Waals surface area contributed by atoms with Crippen molar-refractivity contribution in [3.05, 3.63) is 97.3 Å². The molecule has 0 aliphatic carbocycles. The fraction of sp³-hybridized carbons (Fsp3) is 0.312. The molecule has 0 spiro atoms. The third-order valence-electron chi connectivity index (χ3n) is 7.13. The van der Waals surface area contributed by atoms with E-state index in [4.69, 9.17) is 13.9 Å². The summed E-state index contributed by atoms with van der Waals surface area (Å²) in [7, 11) is 0. The fourth-order valence-electron chi connectivity index (χ4n) is 4.90. The molecule has 2 heterocycles. The summed E-state index contributed by atoms with van der Waals surface area (Å²) in [6.07, 6.45) is 0.919. The smallest absolute Gasteiger partial charge is 0.295 e. The highest BCUT2D eigenvalue weighted by Gasteiger charge is 2.44. The Labute approximate surface area is 236 Å². The molecule has 0 saturated carbocycles. The number of hydrogen-bond acceptors (Lipinski definition) is 5. The lowest BCUT2D eigenvalue weighted by Crippen LogP contribution is -2.29. The van der Waals surface area contributed by atoms with Gasteiger partial charge in [0.1, 0.15) is 5.58 Å². The second kappa shape index (κ2) is 10.9. The van der Waals surface area contributed by atoms with Gasteiger partial charge < -0.3 is 13.9 Å². The van der Waals surface area contributed by atoms with E-state index in [9.17, 15) is 9.59 Å². The largest absolute Gasteiger partial charge is 0.490 e. The Morgan fingerprint density at radius 1 is 0.949 bits per heavy atom. The van der Waals surface area contributed by atoms with E-state index in [1.165, 1.54) is 0 Å². The molecule has 0 N–H and O–H groups in total. The number of anilines is 1. The van der Waals surface area contributed by atoms with E-state index in [1.54, 1.807) is 4.90 Å². The Hall–Kier alpha value is -3.58. The average molecular weight is 591 g/mol. The summed E-state index contributed by atoms with van der Waals surface area (Å²) in [6, 6.07) is 16.1. The van der Waals surface area contributed by atoms with Crippen molar-refractivity contribution in [1.82, 2.24) is 0 Å². The summed E-state index contributed by atoms with van der Waals surface area (Å²) in [5.41, 5.74) is 3.91. The zero-order valence-electron chi connectivity index (χ0n) is 22.8. The third-order valence-corrected chi connectivity index (χ3v) is 7.66. The Bertz CT molecular complexity index is 1610. The van der Waals surface area contributed by atoms with Gasteiger partial charge in [-0.15, -0.1) is 0 Å². The number of amides is 1. The van der Waals surface area contributed by atoms with Crippen LogP contribution in [0.4, 0.5) is 5.69 Å². The quantitative estimate of drug-likeness (QED) is 0.210. The zero-order valence-corrected chi connectivity index (χ0v) is 24.4. The van der Waals surface area contributed by atoms with Crippen molar-refractivity contribution < 1.29 is 18.7 Å². The zero-order chi connectivity index (χ0) is 27.8. The Balaban J connectivity index is 1.70. The predicted molar refractivity (Wildman–Crippen MR) is 157 cm³/mol. The normalized spacial score (nSPS) is 14.8. The highest BCUT2D eigenvalue weighted by Crippen LogP contribution is 2.43. The van der Waals surface area contributed by atoms with Gasteiger partial charge in [0.2, 0.25) is 5.76 Å². The number of hydrogen-bond donors (Lipinski definition) is 0. The molecule has 1 aliphatic rings. The van der Waals surface area contributed by atoms with E-state index in [-0.39, 0.29) is 17.1 Å². The number of aryl methyl sites for hydroxylation is 2. The molecule has 1 aromatic heterocycles. The van der Waals surface area contributed by atoms with Crippen molar-refractivity contribution in [3.63, 3.8) is 0 Å². The number of nitrogens with zero attached hydrogens (tertiary/aromatic N) is 1. The van der Waals surface area contributed by atoms with Crippen molar-refractivity contribution in [1.29, 1.82) is 0 Å². The molecule has 3 aromatic carbocycles. The molecule has 0 bridgehead atoms. The van der Waals surface area contributed by atoms with E-state index < -0.39 is 6.04 Å². The van der Waals surface area contributed by atoms with Gasteiger partial charge in [0.25, 0.3) is 5.91 Å². The van der Waals surface area contributed by atoms with E-state index in [1.807, 2.05) is 75.4 Å². The van der Waals surface area contributed by atoms with Crippen molar-refractivity contribution in [2.24, 2.45) is 5.92 Å². The summed E-state index contributed by atoms with van der Waals surface area (Å²) in [6.45, 7) is 11.2. The molecule has 1 unspecified atom stereocenters. The molecule has 7 heteroatoms. The van der Waals surface area contributed by atoms with Crippen LogP contribution in [0.5, 0.6) is 11.5 Å². The first-order valence-corrected chi connectivity index (χ1v) is 14.1. The molecule has 0 saturated heterocycles. The molecule has 6 nitrogen and oxygen atoms in total. The van der Waals surface area contributed by atoms with Crippen molar-refractivity contribution in [2.45, 2.75) is 47.1 Å². The van der Waals surface area contributed by atoms with Crippen molar-refractivity contribution in [2.75, 3.05) is 18.1 Å². The average Bonchev–Trinajstić information content (AvgIpc) is 3.19. The van der Waals surface area contributed by atoms with E-state index in [0.717, 1.165) is 27.6 Å². The lowest BCUT2D eigenvalue weighted by Gasteiger charge is -2.26. The lowest BCUT2D eigenvalue weighted by molar-refractivity contribution is 0.0971. The van der Waals surface area contributed by atoms with Gasteiger partial charge in [0.15, 0.2) is 16.9 Å². The maximum Gasteiger partial charge on any atom is 0.295 e.